The average molecular weight is 463 g/mol. The highest BCUT2D eigenvalue weighted by atomic mass is 31.2. The second-order valence-corrected chi connectivity index (χ2v) is 10.9. The van der Waals surface area contributed by atoms with Gasteiger partial charge in [-0.2, -0.15) is 0 Å². The molecular formula is C25H26N3O4P. The van der Waals surface area contributed by atoms with E-state index in [4.69, 9.17) is 4.52 Å². The molecule has 170 valence electrons. The van der Waals surface area contributed by atoms with Crippen molar-refractivity contribution in [2.24, 2.45) is 0 Å². The molecule has 2 heterocycles. The van der Waals surface area contributed by atoms with Gasteiger partial charge in [0.05, 0.1) is 11.0 Å². The fourth-order valence-electron chi connectivity index (χ4n) is 4.02. The van der Waals surface area contributed by atoms with Gasteiger partial charge in [0, 0.05) is 44.2 Å². The minimum absolute atomic E-state index is 0.0816. The van der Waals surface area contributed by atoms with Gasteiger partial charge < -0.3 is 0 Å². The molecule has 33 heavy (non-hydrogen) atoms. The number of nitrogens with zero attached hydrogens (tertiary/aromatic N) is 3. The van der Waals surface area contributed by atoms with E-state index >= 15 is 0 Å². The number of nitro benzene ring substituents is 1. The van der Waals surface area contributed by atoms with Crippen molar-refractivity contribution < 1.29 is 14.0 Å². The number of hydrogen-bond acceptors (Lipinski definition) is 4. The first-order valence-corrected chi connectivity index (χ1v) is 12.7. The molecule has 5 rings (SSSR count). The predicted molar refractivity (Wildman–Crippen MR) is 128 cm³/mol. The molecule has 2 saturated heterocycles. The van der Waals surface area contributed by atoms with E-state index in [1.165, 1.54) is 6.07 Å². The van der Waals surface area contributed by atoms with Crippen LogP contribution in [-0.2, 0) is 15.5 Å². The molecule has 1 atom stereocenters. The molecule has 7 nitrogen and oxygen atoms in total. The Bertz CT molecular complexity index is 1190. The zero-order valence-corrected chi connectivity index (χ0v) is 19.4. The van der Waals surface area contributed by atoms with Crippen LogP contribution in [0.15, 0.2) is 72.8 Å². The largest absolute Gasteiger partial charge is 0.346 e. The molecular weight excluding hydrogens is 437 g/mol. The first-order valence-electron chi connectivity index (χ1n) is 11.1. The molecule has 0 saturated carbocycles. The van der Waals surface area contributed by atoms with Gasteiger partial charge in [-0.05, 0) is 41.3 Å². The summed E-state index contributed by atoms with van der Waals surface area (Å²) >= 11 is 0. The molecule has 0 radical (unpaired) electrons. The molecule has 0 N–H and O–H groups in total. The Morgan fingerprint density at radius 2 is 1.55 bits per heavy atom. The van der Waals surface area contributed by atoms with Crippen molar-refractivity contribution in [2.75, 3.05) is 26.2 Å². The quantitative estimate of drug-likeness (QED) is 0.176. The lowest BCUT2D eigenvalue weighted by atomic mass is 9.97. The summed E-state index contributed by atoms with van der Waals surface area (Å²) in [6.07, 6.45) is -0.000898. The summed E-state index contributed by atoms with van der Waals surface area (Å²) in [5.41, 5.74) is 4.71. The van der Waals surface area contributed by atoms with Crippen molar-refractivity contribution in [3.05, 3.63) is 99.6 Å². The Hall–Kier alpha value is -2.83. The normalized spacial score (nSPS) is 17.0. The zero-order chi connectivity index (χ0) is 23.0. The summed E-state index contributed by atoms with van der Waals surface area (Å²) in [4.78, 5) is 11.3. The Morgan fingerprint density at radius 1 is 0.939 bits per heavy atom. The van der Waals surface area contributed by atoms with E-state index in [2.05, 4.69) is 12.1 Å². The van der Waals surface area contributed by atoms with Gasteiger partial charge in [0.2, 0.25) is 0 Å². The van der Waals surface area contributed by atoms with E-state index in [0.29, 0.717) is 12.0 Å². The second kappa shape index (κ2) is 8.84. The van der Waals surface area contributed by atoms with E-state index in [-0.39, 0.29) is 10.6 Å². The molecule has 0 amide bonds. The van der Waals surface area contributed by atoms with Crippen LogP contribution >= 0.6 is 7.67 Å². The number of benzene rings is 3. The maximum atomic E-state index is 13.3. The summed E-state index contributed by atoms with van der Waals surface area (Å²) in [6.45, 7) is 4.99. The highest BCUT2D eigenvalue weighted by molar-refractivity contribution is 7.54. The predicted octanol–water partition coefficient (Wildman–Crippen LogP) is 5.67. The van der Waals surface area contributed by atoms with Crippen molar-refractivity contribution >= 4 is 13.4 Å². The first kappa shape index (κ1) is 22.0. The number of nitro groups is 1. The minimum atomic E-state index is -2.98. The smallest absolute Gasteiger partial charge is 0.298 e. The standard InChI is InChI=1S/C25H26N3O4P/c1-19(32-33(31,26-13-14-26)27-15-16-27)23-11-12-25(28(29)30)24(18-23)17-20-7-9-22(10-8-20)21-5-3-2-4-6-21/h2-12,18-19H,13-17H2,1H3/t19-/m0/s1. The maximum absolute atomic E-state index is 13.3. The Balaban J connectivity index is 1.38. The van der Waals surface area contributed by atoms with Crippen LogP contribution in [0.25, 0.3) is 11.1 Å². The summed E-state index contributed by atoms with van der Waals surface area (Å²) in [5, 5.41) is 11.7. The van der Waals surface area contributed by atoms with Crippen LogP contribution in [0.5, 0.6) is 0 Å². The Labute approximate surface area is 193 Å². The average Bonchev–Trinajstić information content (AvgIpc) is 3.72. The molecule has 8 heteroatoms. The van der Waals surface area contributed by atoms with Crippen molar-refractivity contribution in [2.45, 2.75) is 19.4 Å². The first-order chi connectivity index (χ1) is 15.9. The molecule has 0 unspecified atom stereocenters. The van der Waals surface area contributed by atoms with Crippen molar-refractivity contribution in [1.82, 2.24) is 9.34 Å². The highest BCUT2D eigenvalue weighted by Crippen LogP contribution is 2.63. The fraction of sp³-hybridized carbons (Fsp3) is 0.280. The van der Waals surface area contributed by atoms with Crippen LogP contribution in [-0.4, -0.2) is 40.4 Å². The van der Waals surface area contributed by atoms with Gasteiger partial charge in [-0.15, -0.1) is 0 Å². The molecule has 0 bridgehead atoms. The Morgan fingerprint density at radius 3 is 2.12 bits per heavy atom. The van der Waals surface area contributed by atoms with Gasteiger partial charge in [0.15, 0.2) is 0 Å². The molecule has 3 aromatic rings. The lowest BCUT2D eigenvalue weighted by molar-refractivity contribution is -0.385. The zero-order valence-electron chi connectivity index (χ0n) is 18.5. The minimum Gasteiger partial charge on any atom is -0.298 e. The Kier molecular flexibility index (Phi) is 5.89. The second-order valence-electron chi connectivity index (χ2n) is 8.53. The van der Waals surface area contributed by atoms with E-state index < -0.39 is 13.8 Å². The number of hydrogen-bond donors (Lipinski definition) is 0. The van der Waals surface area contributed by atoms with Crippen LogP contribution in [0.1, 0.15) is 29.7 Å². The van der Waals surface area contributed by atoms with Crippen molar-refractivity contribution in [3.63, 3.8) is 0 Å². The SMILES string of the molecule is C[C@H](OP(=O)(N1CC1)N1CC1)c1ccc([N+](=O)[O-])c(Cc2ccc(-c3ccccc3)cc2)c1. The van der Waals surface area contributed by atoms with Crippen LogP contribution in [0.4, 0.5) is 5.69 Å². The third-order valence-electron chi connectivity index (χ3n) is 6.08. The summed E-state index contributed by atoms with van der Waals surface area (Å²) in [5.74, 6) is 0. The van der Waals surface area contributed by atoms with Crippen LogP contribution < -0.4 is 0 Å². The van der Waals surface area contributed by atoms with Gasteiger partial charge in [-0.1, -0.05) is 54.6 Å². The third kappa shape index (κ3) is 4.77. The maximum Gasteiger partial charge on any atom is 0.346 e. The molecule has 2 aliphatic heterocycles. The van der Waals surface area contributed by atoms with Crippen molar-refractivity contribution in [1.29, 1.82) is 0 Å². The van der Waals surface area contributed by atoms with Gasteiger partial charge in [0.1, 0.15) is 0 Å². The van der Waals surface area contributed by atoms with E-state index in [0.717, 1.165) is 48.4 Å². The molecule has 3 aromatic carbocycles. The molecule has 0 aromatic heterocycles. The topological polar surface area (TPSA) is 75.5 Å². The van der Waals surface area contributed by atoms with Gasteiger partial charge >= 0.3 is 7.67 Å². The number of rotatable bonds is 9. The highest BCUT2D eigenvalue weighted by Gasteiger charge is 2.50. The monoisotopic (exact) mass is 463 g/mol. The van der Waals surface area contributed by atoms with Crippen LogP contribution in [0.2, 0.25) is 0 Å². The molecule has 0 spiro atoms. The molecule has 2 aliphatic rings. The fourth-order valence-corrected chi connectivity index (χ4v) is 6.37. The summed E-state index contributed by atoms with van der Waals surface area (Å²) in [6, 6.07) is 23.2. The van der Waals surface area contributed by atoms with Crippen molar-refractivity contribution in [3.8, 4) is 11.1 Å². The van der Waals surface area contributed by atoms with E-state index in [1.807, 2.05) is 64.8 Å². The summed E-state index contributed by atoms with van der Waals surface area (Å²) < 4.78 is 23.2. The third-order valence-corrected chi connectivity index (χ3v) is 8.90. The van der Waals surface area contributed by atoms with Crippen LogP contribution in [0, 0.1) is 10.1 Å². The van der Waals surface area contributed by atoms with Gasteiger partial charge in [-0.3, -0.25) is 19.2 Å². The molecule has 0 aliphatic carbocycles. The lowest BCUT2D eigenvalue weighted by Crippen LogP contribution is -2.11. The van der Waals surface area contributed by atoms with Gasteiger partial charge in [-0.25, -0.2) is 9.34 Å². The van der Waals surface area contributed by atoms with E-state index in [9.17, 15) is 14.7 Å². The van der Waals surface area contributed by atoms with E-state index in [1.54, 1.807) is 6.07 Å². The van der Waals surface area contributed by atoms with Crippen LogP contribution in [0.3, 0.4) is 0 Å². The van der Waals surface area contributed by atoms with Gasteiger partial charge in [0.25, 0.3) is 5.69 Å². The molecule has 2 fully saturated rings. The lowest BCUT2D eigenvalue weighted by Gasteiger charge is -2.24. The summed E-state index contributed by atoms with van der Waals surface area (Å²) in [7, 11) is -2.98.